The largest absolute Gasteiger partial charge is 0.347 e. The molecule has 0 aromatic carbocycles. The van der Waals surface area contributed by atoms with Crippen molar-refractivity contribution in [3.63, 3.8) is 0 Å². The second-order valence-corrected chi connectivity index (χ2v) is 2.51. The summed E-state index contributed by atoms with van der Waals surface area (Å²) in [5.74, 6) is 0. The Morgan fingerprint density at radius 2 is 1.13 bits per heavy atom. The molecular weight excluding hydrogens is 188 g/mol. The monoisotopic (exact) mass is 200 g/mol. The minimum absolute atomic E-state index is 1.45. The quantitative estimate of drug-likeness (QED) is 0.587. The zero-order valence-electron chi connectivity index (χ0n) is 8.23. The summed E-state index contributed by atoms with van der Waals surface area (Å²) in [6.07, 6.45) is 21.7. The third-order valence-corrected chi connectivity index (χ3v) is 1.39. The van der Waals surface area contributed by atoms with Gasteiger partial charge in [-0.3, -0.25) is 0 Å². The zero-order valence-corrected chi connectivity index (χ0v) is 8.23. The Morgan fingerprint density at radius 1 is 0.600 bits per heavy atom. The van der Waals surface area contributed by atoms with Crippen LogP contribution in [0.2, 0.25) is 0 Å². The maximum Gasteiger partial charge on any atom is 0.124 e. The van der Waals surface area contributed by atoms with Gasteiger partial charge in [0.2, 0.25) is 0 Å². The van der Waals surface area contributed by atoms with E-state index in [1.165, 1.54) is 6.26 Å². The predicted octanol–water partition coefficient (Wildman–Crippen LogP) is 3.64. The van der Waals surface area contributed by atoms with Gasteiger partial charge in [-0.15, -0.1) is 5.11 Å². The topological polar surface area (TPSA) is 34.0 Å². The lowest BCUT2D eigenvalue weighted by Gasteiger charge is -1.81. The first-order chi connectivity index (χ1) is 7.50. The molecule has 1 heterocycles. The van der Waals surface area contributed by atoms with E-state index in [4.69, 9.17) is 4.84 Å². The summed E-state index contributed by atoms with van der Waals surface area (Å²) < 4.78 is 0. The third-order valence-electron chi connectivity index (χ3n) is 1.39. The van der Waals surface area contributed by atoms with Crippen LogP contribution >= 0.6 is 0 Å². The maximum absolute atomic E-state index is 4.72. The van der Waals surface area contributed by atoms with Gasteiger partial charge in [-0.1, -0.05) is 48.6 Å². The van der Waals surface area contributed by atoms with Crippen LogP contribution in [0.25, 0.3) is 0 Å². The molecule has 0 unspecified atom stereocenters. The highest BCUT2D eigenvalue weighted by molar-refractivity contribution is 5.19. The van der Waals surface area contributed by atoms with Gasteiger partial charge in [0.1, 0.15) is 6.26 Å². The number of hydrogen-bond acceptors (Lipinski definition) is 3. The molecule has 0 aromatic heterocycles. The van der Waals surface area contributed by atoms with Crippen LogP contribution in [0, 0.1) is 0 Å². The summed E-state index contributed by atoms with van der Waals surface area (Å²) in [5.41, 5.74) is 0. The fourth-order valence-electron chi connectivity index (χ4n) is 0.764. The summed E-state index contributed by atoms with van der Waals surface area (Å²) in [7, 11) is 0. The van der Waals surface area contributed by atoms with E-state index >= 15 is 0 Å². The molecule has 1 aliphatic rings. The highest BCUT2D eigenvalue weighted by Gasteiger charge is 1.69. The highest BCUT2D eigenvalue weighted by Crippen LogP contribution is 1.88. The van der Waals surface area contributed by atoms with Gasteiger partial charge < -0.3 is 4.84 Å². The molecule has 0 fully saturated rings. The first-order valence-electron chi connectivity index (χ1n) is 4.54. The molecule has 0 aromatic rings. The Labute approximate surface area is 89.1 Å². The van der Waals surface area contributed by atoms with Crippen molar-refractivity contribution in [2.24, 2.45) is 10.4 Å². The molecule has 0 atom stereocenters. The molecule has 0 spiro atoms. The first kappa shape index (κ1) is 10.9. The standard InChI is InChI=1S/C12H12N2O/c1-2-4-6-8-10-12-15-14-13-11-9-7-5-3-1/h1-12H. The van der Waals surface area contributed by atoms with Crippen molar-refractivity contribution in [3.8, 4) is 0 Å². The minimum atomic E-state index is 1.45. The second-order valence-electron chi connectivity index (χ2n) is 2.51. The Bertz CT molecular complexity index is 324. The fraction of sp³-hybridized carbons (Fsp3) is 0. The van der Waals surface area contributed by atoms with E-state index < -0.39 is 0 Å². The average Bonchev–Trinajstić information content (AvgIpc) is 2.27. The van der Waals surface area contributed by atoms with E-state index in [9.17, 15) is 0 Å². The van der Waals surface area contributed by atoms with Crippen molar-refractivity contribution in [2.75, 3.05) is 0 Å². The summed E-state index contributed by atoms with van der Waals surface area (Å²) >= 11 is 0. The molecule has 76 valence electrons. The van der Waals surface area contributed by atoms with E-state index in [-0.39, 0.29) is 0 Å². The molecule has 3 heteroatoms. The number of rotatable bonds is 0. The van der Waals surface area contributed by atoms with E-state index in [0.717, 1.165) is 0 Å². The van der Waals surface area contributed by atoms with Gasteiger partial charge in [0.15, 0.2) is 0 Å². The summed E-state index contributed by atoms with van der Waals surface area (Å²) in [5, 5.41) is 7.07. The van der Waals surface area contributed by atoms with Gasteiger partial charge in [0.05, 0.1) is 6.20 Å². The average molecular weight is 200 g/mol. The van der Waals surface area contributed by atoms with Crippen molar-refractivity contribution in [3.05, 3.63) is 73.2 Å². The van der Waals surface area contributed by atoms with E-state index in [2.05, 4.69) is 10.4 Å². The molecule has 1 aliphatic heterocycles. The Balaban J connectivity index is 2.62. The zero-order chi connectivity index (χ0) is 10.6. The number of nitrogens with zero attached hydrogens (tertiary/aromatic N) is 2. The molecule has 0 bridgehead atoms. The Hall–Kier alpha value is -2.16. The van der Waals surface area contributed by atoms with Crippen LogP contribution in [-0.4, -0.2) is 0 Å². The molecule has 1 rings (SSSR count). The van der Waals surface area contributed by atoms with Crippen LogP contribution in [0.15, 0.2) is 83.6 Å². The van der Waals surface area contributed by atoms with Crippen molar-refractivity contribution in [1.82, 2.24) is 0 Å². The van der Waals surface area contributed by atoms with Crippen LogP contribution in [0.3, 0.4) is 0 Å². The predicted molar refractivity (Wildman–Crippen MR) is 60.8 cm³/mol. The van der Waals surface area contributed by atoms with Gasteiger partial charge in [-0.05, 0) is 12.2 Å². The minimum Gasteiger partial charge on any atom is -0.347 e. The Kier molecular flexibility index (Phi) is 6.14. The van der Waals surface area contributed by atoms with Gasteiger partial charge in [-0.25, -0.2) is 0 Å². The lowest BCUT2D eigenvalue weighted by molar-refractivity contribution is 0.242. The van der Waals surface area contributed by atoms with Crippen LogP contribution in [0.1, 0.15) is 0 Å². The van der Waals surface area contributed by atoms with Gasteiger partial charge >= 0.3 is 0 Å². The van der Waals surface area contributed by atoms with Crippen molar-refractivity contribution in [1.29, 1.82) is 0 Å². The molecule has 15 heavy (non-hydrogen) atoms. The third kappa shape index (κ3) is 6.95. The molecule has 0 saturated heterocycles. The van der Waals surface area contributed by atoms with Gasteiger partial charge in [-0.2, -0.15) is 0 Å². The van der Waals surface area contributed by atoms with Gasteiger partial charge in [0, 0.05) is 5.28 Å². The van der Waals surface area contributed by atoms with Crippen LogP contribution in [0.4, 0.5) is 0 Å². The Morgan fingerprint density at radius 3 is 1.80 bits per heavy atom. The number of hydrogen-bond donors (Lipinski definition) is 0. The lowest BCUT2D eigenvalue weighted by Crippen LogP contribution is -1.62. The summed E-state index contributed by atoms with van der Waals surface area (Å²) in [4.78, 5) is 4.72. The van der Waals surface area contributed by atoms with Crippen LogP contribution in [0.5, 0.6) is 0 Å². The molecule has 0 radical (unpaired) electrons. The molecule has 3 nitrogen and oxygen atoms in total. The van der Waals surface area contributed by atoms with E-state index in [0.29, 0.717) is 0 Å². The normalized spacial score (nSPS) is 16.0. The lowest BCUT2D eigenvalue weighted by atomic mass is 10.4. The van der Waals surface area contributed by atoms with E-state index in [1.54, 1.807) is 18.4 Å². The molecule has 0 saturated carbocycles. The number of allylic oxidation sites excluding steroid dienone is 10. The molecule has 0 aliphatic carbocycles. The van der Waals surface area contributed by atoms with Crippen LogP contribution < -0.4 is 0 Å². The van der Waals surface area contributed by atoms with Crippen molar-refractivity contribution < 1.29 is 4.84 Å². The van der Waals surface area contributed by atoms with Crippen LogP contribution in [-0.2, 0) is 4.84 Å². The SMILES string of the molecule is C1=CC=CC=CN=NOC=CC=CC=C1. The maximum atomic E-state index is 4.72. The smallest absolute Gasteiger partial charge is 0.124 e. The van der Waals surface area contributed by atoms with Crippen molar-refractivity contribution in [2.45, 2.75) is 0 Å². The van der Waals surface area contributed by atoms with Gasteiger partial charge in [0.25, 0.3) is 0 Å². The molecule has 0 N–H and O–H groups in total. The van der Waals surface area contributed by atoms with E-state index in [1.807, 2.05) is 48.6 Å². The summed E-state index contributed by atoms with van der Waals surface area (Å²) in [6.45, 7) is 0. The highest BCUT2D eigenvalue weighted by atomic mass is 16.6. The molecule has 0 amide bonds. The fourth-order valence-corrected chi connectivity index (χ4v) is 0.764. The first-order valence-corrected chi connectivity index (χ1v) is 4.54. The van der Waals surface area contributed by atoms with Crippen molar-refractivity contribution >= 4 is 0 Å². The molecular formula is C12H12N2O. The second kappa shape index (κ2) is 8.44. The summed E-state index contributed by atoms with van der Waals surface area (Å²) in [6, 6.07) is 0.